The summed E-state index contributed by atoms with van der Waals surface area (Å²) in [6.07, 6.45) is 1.12. The van der Waals surface area contributed by atoms with Crippen LogP contribution in [0.5, 0.6) is 0 Å². The van der Waals surface area contributed by atoms with E-state index < -0.39 is 0 Å². The van der Waals surface area contributed by atoms with Crippen molar-refractivity contribution in [2.75, 3.05) is 13.1 Å². The third kappa shape index (κ3) is 1.96. The van der Waals surface area contributed by atoms with Gasteiger partial charge in [0.15, 0.2) is 0 Å². The minimum Gasteiger partial charge on any atom is -0.326 e. The van der Waals surface area contributed by atoms with Gasteiger partial charge in [-0.2, -0.15) is 0 Å². The molecule has 0 bridgehead atoms. The van der Waals surface area contributed by atoms with Gasteiger partial charge in [0.2, 0.25) is 0 Å². The van der Waals surface area contributed by atoms with Gasteiger partial charge in [0.05, 0.1) is 16.8 Å². The number of hydrogen-bond donors (Lipinski definition) is 1. The predicted octanol–water partition coefficient (Wildman–Crippen LogP) is 1.83. The van der Waals surface area contributed by atoms with Crippen LogP contribution in [0.4, 0.5) is 0 Å². The molecule has 16 heavy (non-hydrogen) atoms. The zero-order chi connectivity index (χ0) is 11.0. The van der Waals surface area contributed by atoms with Crippen LogP contribution in [0.25, 0.3) is 10.2 Å². The molecule has 1 fully saturated rings. The van der Waals surface area contributed by atoms with Gasteiger partial charge in [-0.1, -0.05) is 12.1 Å². The highest BCUT2D eigenvalue weighted by molar-refractivity contribution is 7.18. The lowest BCUT2D eigenvalue weighted by atomic mass is 10.3. The van der Waals surface area contributed by atoms with Crippen LogP contribution in [-0.4, -0.2) is 29.0 Å². The van der Waals surface area contributed by atoms with E-state index in [0.717, 1.165) is 31.6 Å². The quantitative estimate of drug-likeness (QED) is 0.860. The highest BCUT2D eigenvalue weighted by Gasteiger charge is 2.19. The van der Waals surface area contributed by atoms with Crippen molar-refractivity contribution < 1.29 is 0 Å². The maximum Gasteiger partial charge on any atom is 0.108 e. The largest absolute Gasteiger partial charge is 0.326 e. The van der Waals surface area contributed by atoms with Crippen LogP contribution in [0.1, 0.15) is 11.4 Å². The average molecular weight is 233 g/mol. The summed E-state index contributed by atoms with van der Waals surface area (Å²) in [5.41, 5.74) is 7.01. The molecule has 1 aromatic heterocycles. The fourth-order valence-corrected chi connectivity index (χ4v) is 3.19. The van der Waals surface area contributed by atoms with Crippen LogP contribution in [0.15, 0.2) is 24.3 Å². The molecule has 1 aliphatic rings. The minimum absolute atomic E-state index is 0.356. The Morgan fingerprint density at radius 3 is 3.06 bits per heavy atom. The number of likely N-dealkylation sites (tertiary alicyclic amines) is 1. The standard InChI is InChI=1S/C12H15N3S/c13-9-5-6-15(7-9)8-12-14-10-3-1-2-4-11(10)16-12/h1-4,9H,5-8,13H2/t9-/m1/s1. The molecule has 1 aromatic carbocycles. The number of thiazole rings is 1. The Kier molecular flexibility index (Phi) is 2.63. The number of fused-ring (bicyclic) bond motifs is 1. The molecular weight excluding hydrogens is 218 g/mol. The third-order valence-electron chi connectivity index (χ3n) is 3.01. The van der Waals surface area contributed by atoms with E-state index in [4.69, 9.17) is 5.73 Å². The molecule has 3 rings (SSSR count). The molecule has 0 unspecified atom stereocenters. The molecule has 4 heteroatoms. The summed E-state index contributed by atoms with van der Waals surface area (Å²) in [5.74, 6) is 0. The SMILES string of the molecule is N[C@@H]1CCN(Cc2nc3ccccc3s2)C1. The van der Waals surface area contributed by atoms with E-state index in [1.165, 1.54) is 9.71 Å². The summed E-state index contributed by atoms with van der Waals surface area (Å²) in [7, 11) is 0. The Bertz CT molecular complexity index is 461. The maximum atomic E-state index is 5.90. The third-order valence-corrected chi connectivity index (χ3v) is 4.03. The predicted molar refractivity (Wildman–Crippen MR) is 67.5 cm³/mol. The molecule has 84 valence electrons. The number of rotatable bonds is 2. The first-order chi connectivity index (χ1) is 7.81. The molecule has 0 spiro atoms. The Hall–Kier alpha value is -0.970. The summed E-state index contributed by atoms with van der Waals surface area (Å²) in [6, 6.07) is 8.67. The van der Waals surface area contributed by atoms with Crippen molar-refractivity contribution >= 4 is 21.6 Å². The normalized spacial score (nSPS) is 21.9. The highest BCUT2D eigenvalue weighted by atomic mass is 32.1. The van der Waals surface area contributed by atoms with Gasteiger partial charge in [-0.25, -0.2) is 4.98 Å². The number of nitrogens with two attached hydrogens (primary N) is 1. The van der Waals surface area contributed by atoms with Gasteiger partial charge in [-0.05, 0) is 18.6 Å². The first-order valence-corrected chi connectivity index (χ1v) is 6.45. The van der Waals surface area contributed by atoms with Gasteiger partial charge in [0, 0.05) is 19.1 Å². The van der Waals surface area contributed by atoms with Crippen molar-refractivity contribution in [2.45, 2.75) is 19.0 Å². The molecule has 0 aliphatic carbocycles. The number of aromatic nitrogens is 1. The first-order valence-electron chi connectivity index (χ1n) is 5.63. The summed E-state index contributed by atoms with van der Waals surface area (Å²) < 4.78 is 1.28. The molecule has 2 heterocycles. The molecular formula is C12H15N3S. The van der Waals surface area contributed by atoms with Crippen LogP contribution in [0, 0.1) is 0 Å². The number of nitrogens with zero attached hydrogens (tertiary/aromatic N) is 2. The average Bonchev–Trinajstić information content (AvgIpc) is 2.84. The highest BCUT2D eigenvalue weighted by Crippen LogP contribution is 2.23. The first kappa shape index (κ1) is 10.2. The van der Waals surface area contributed by atoms with Crippen LogP contribution in [0.3, 0.4) is 0 Å². The molecule has 0 amide bonds. The van der Waals surface area contributed by atoms with E-state index in [2.05, 4.69) is 28.1 Å². The van der Waals surface area contributed by atoms with Crippen molar-refractivity contribution in [3.05, 3.63) is 29.3 Å². The number of para-hydroxylation sites is 1. The van der Waals surface area contributed by atoms with Crippen molar-refractivity contribution in [2.24, 2.45) is 5.73 Å². The van der Waals surface area contributed by atoms with Gasteiger partial charge < -0.3 is 5.73 Å². The Balaban J connectivity index is 1.79. The van der Waals surface area contributed by atoms with Crippen molar-refractivity contribution in [3.63, 3.8) is 0 Å². The second-order valence-electron chi connectivity index (χ2n) is 4.36. The fraction of sp³-hybridized carbons (Fsp3) is 0.417. The van der Waals surface area contributed by atoms with E-state index in [-0.39, 0.29) is 0 Å². The summed E-state index contributed by atoms with van der Waals surface area (Å²) in [6.45, 7) is 3.07. The van der Waals surface area contributed by atoms with Crippen molar-refractivity contribution in [1.82, 2.24) is 9.88 Å². The lowest BCUT2D eigenvalue weighted by Gasteiger charge is -2.12. The minimum atomic E-state index is 0.356. The molecule has 1 aliphatic heterocycles. The fourth-order valence-electron chi connectivity index (χ4n) is 2.19. The summed E-state index contributed by atoms with van der Waals surface area (Å²) in [4.78, 5) is 7.03. The molecule has 2 N–H and O–H groups in total. The van der Waals surface area contributed by atoms with Crippen LogP contribution in [0.2, 0.25) is 0 Å². The van der Waals surface area contributed by atoms with Crippen LogP contribution >= 0.6 is 11.3 Å². The van der Waals surface area contributed by atoms with Gasteiger partial charge in [-0.3, -0.25) is 4.90 Å². The van der Waals surface area contributed by atoms with Crippen LogP contribution < -0.4 is 5.73 Å². The number of benzene rings is 1. The zero-order valence-corrected chi connectivity index (χ0v) is 9.91. The van der Waals surface area contributed by atoms with Gasteiger partial charge in [-0.15, -0.1) is 11.3 Å². The summed E-state index contributed by atoms with van der Waals surface area (Å²) >= 11 is 1.79. The molecule has 0 saturated carbocycles. The second-order valence-corrected chi connectivity index (χ2v) is 5.47. The Morgan fingerprint density at radius 1 is 1.44 bits per heavy atom. The van der Waals surface area contributed by atoms with Crippen molar-refractivity contribution in [1.29, 1.82) is 0 Å². The molecule has 1 saturated heterocycles. The van der Waals surface area contributed by atoms with E-state index >= 15 is 0 Å². The van der Waals surface area contributed by atoms with Gasteiger partial charge in [0.25, 0.3) is 0 Å². The topological polar surface area (TPSA) is 42.1 Å². The van der Waals surface area contributed by atoms with Crippen LogP contribution in [-0.2, 0) is 6.54 Å². The monoisotopic (exact) mass is 233 g/mol. The molecule has 3 nitrogen and oxygen atoms in total. The summed E-state index contributed by atoms with van der Waals surface area (Å²) in [5, 5.41) is 1.20. The molecule has 2 aromatic rings. The lowest BCUT2D eigenvalue weighted by molar-refractivity contribution is 0.326. The Labute approximate surface area is 98.9 Å². The molecule has 0 radical (unpaired) electrons. The Morgan fingerprint density at radius 2 is 2.31 bits per heavy atom. The van der Waals surface area contributed by atoms with E-state index in [0.29, 0.717) is 6.04 Å². The molecule has 1 atom stereocenters. The van der Waals surface area contributed by atoms with E-state index in [1.54, 1.807) is 11.3 Å². The zero-order valence-electron chi connectivity index (χ0n) is 9.10. The van der Waals surface area contributed by atoms with E-state index in [9.17, 15) is 0 Å². The van der Waals surface area contributed by atoms with Gasteiger partial charge >= 0.3 is 0 Å². The van der Waals surface area contributed by atoms with Gasteiger partial charge in [0.1, 0.15) is 5.01 Å². The van der Waals surface area contributed by atoms with Crippen molar-refractivity contribution in [3.8, 4) is 0 Å². The maximum absolute atomic E-state index is 5.90. The second kappa shape index (κ2) is 4.13. The number of hydrogen-bond acceptors (Lipinski definition) is 4. The van der Waals surface area contributed by atoms with E-state index in [1.807, 2.05) is 6.07 Å². The lowest BCUT2D eigenvalue weighted by Crippen LogP contribution is -2.26. The smallest absolute Gasteiger partial charge is 0.108 e.